The zero-order valence-corrected chi connectivity index (χ0v) is 9.93. The molecule has 0 fully saturated rings. The number of allylic oxidation sites excluding steroid dienone is 2. The lowest BCUT2D eigenvalue weighted by Crippen LogP contribution is -2.21. The molecule has 0 aromatic heterocycles. The molecule has 0 N–H and O–H groups in total. The minimum atomic E-state index is 0.497. The summed E-state index contributed by atoms with van der Waals surface area (Å²) in [7, 11) is 0. The summed E-state index contributed by atoms with van der Waals surface area (Å²) >= 11 is 4.56. The van der Waals surface area contributed by atoms with E-state index in [0.717, 1.165) is 11.8 Å². The van der Waals surface area contributed by atoms with Gasteiger partial charge in [-0.1, -0.05) is 32.9 Å². The van der Waals surface area contributed by atoms with Gasteiger partial charge >= 0.3 is 0 Å². The Kier molecular flexibility index (Phi) is 4.37. The predicted molar refractivity (Wildman–Crippen MR) is 63.3 cm³/mol. The highest BCUT2D eigenvalue weighted by molar-refractivity contribution is 7.80. The maximum absolute atomic E-state index is 4.56. The highest BCUT2D eigenvalue weighted by Gasteiger charge is 2.21. The summed E-state index contributed by atoms with van der Waals surface area (Å²) in [5.41, 5.74) is 0. The molecule has 0 nitrogen and oxygen atoms in total. The van der Waals surface area contributed by atoms with Crippen LogP contribution in [0.15, 0.2) is 12.2 Å². The molecule has 0 amide bonds. The minimum Gasteiger partial charge on any atom is -0.176 e. The Balaban J connectivity index is 2.64. The molecule has 0 saturated carbocycles. The van der Waals surface area contributed by atoms with E-state index in [9.17, 15) is 0 Å². The second kappa shape index (κ2) is 5.09. The second-order valence-electron chi connectivity index (χ2n) is 4.64. The van der Waals surface area contributed by atoms with E-state index in [2.05, 4.69) is 45.6 Å². The maximum Gasteiger partial charge on any atom is 0.00538 e. The molecule has 4 unspecified atom stereocenters. The third-order valence-corrected chi connectivity index (χ3v) is 3.52. The fraction of sp³-hybridized carbons (Fsp3) is 0.833. The zero-order valence-electron chi connectivity index (χ0n) is 9.03. The Morgan fingerprint density at radius 2 is 2.08 bits per heavy atom. The summed E-state index contributed by atoms with van der Waals surface area (Å²) in [5.74, 6) is 2.35. The number of thiol groups is 1. The molecule has 0 heterocycles. The van der Waals surface area contributed by atoms with Crippen LogP contribution in [0.5, 0.6) is 0 Å². The van der Waals surface area contributed by atoms with Crippen LogP contribution in [0.1, 0.15) is 40.0 Å². The van der Waals surface area contributed by atoms with Crippen molar-refractivity contribution < 1.29 is 0 Å². The van der Waals surface area contributed by atoms with Crippen LogP contribution in [0.4, 0.5) is 0 Å². The Labute approximate surface area is 88.2 Å². The lowest BCUT2D eigenvalue weighted by molar-refractivity contribution is 0.320. The third-order valence-electron chi connectivity index (χ3n) is 3.17. The van der Waals surface area contributed by atoms with E-state index in [4.69, 9.17) is 0 Å². The van der Waals surface area contributed by atoms with Crippen LogP contribution in [0.25, 0.3) is 0 Å². The molecule has 1 aliphatic rings. The predicted octanol–water partition coefficient (Wildman–Crippen LogP) is 3.93. The van der Waals surface area contributed by atoms with E-state index >= 15 is 0 Å². The first kappa shape index (κ1) is 11.2. The van der Waals surface area contributed by atoms with Gasteiger partial charge in [-0.05, 0) is 37.0 Å². The van der Waals surface area contributed by atoms with Crippen molar-refractivity contribution in [2.45, 2.75) is 45.3 Å². The van der Waals surface area contributed by atoms with Crippen LogP contribution in [0, 0.1) is 17.8 Å². The molecule has 0 aromatic carbocycles. The molecule has 4 atom stereocenters. The Bertz CT molecular complexity index is 172. The second-order valence-corrected chi connectivity index (χ2v) is 5.46. The molecule has 1 aliphatic carbocycles. The van der Waals surface area contributed by atoms with E-state index in [1.54, 1.807) is 0 Å². The molecular weight excluding hydrogens is 176 g/mol. The average molecular weight is 198 g/mol. The van der Waals surface area contributed by atoms with E-state index in [1.807, 2.05) is 0 Å². The van der Waals surface area contributed by atoms with Gasteiger partial charge in [0.05, 0.1) is 0 Å². The van der Waals surface area contributed by atoms with Crippen molar-refractivity contribution in [1.29, 1.82) is 0 Å². The van der Waals surface area contributed by atoms with Crippen LogP contribution in [0.2, 0.25) is 0 Å². The summed E-state index contributed by atoms with van der Waals surface area (Å²) in [5, 5.41) is 0.497. The first-order valence-corrected chi connectivity index (χ1v) is 5.97. The van der Waals surface area contributed by atoms with Gasteiger partial charge in [0.15, 0.2) is 0 Å². The first-order valence-electron chi connectivity index (χ1n) is 5.46. The summed E-state index contributed by atoms with van der Waals surface area (Å²) in [6, 6.07) is 0. The fourth-order valence-corrected chi connectivity index (χ4v) is 2.76. The highest BCUT2D eigenvalue weighted by Crippen LogP contribution is 2.30. The number of rotatable bonds is 1. The van der Waals surface area contributed by atoms with Gasteiger partial charge in [-0.3, -0.25) is 0 Å². The molecule has 0 bridgehead atoms. The van der Waals surface area contributed by atoms with Gasteiger partial charge in [0.25, 0.3) is 0 Å². The van der Waals surface area contributed by atoms with Gasteiger partial charge in [-0.15, -0.1) is 0 Å². The Hall–Kier alpha value is 0.0900. The molecular formula is C12H22S. The van der Waals surface area contributed by atoms with Crippen LogP contribution in [-0.4, -0.2) is 5.25 Å². The summed E-state index contributed by atoms with van der Waals surface area (Å²) in [6.45, 7) is 6.94. The topological polar surface area (TPSA) is 0 Å². The van der Waals surface area contributed by atoms with Crippen molar-refractivity contribution in [3.05, 3.63) is 12.2 Å². The largest absolute Gasteiger partial charge is 0.176 e. The van der Waals surface area contributed by atoms with E-state index in [1.165, 1.54) is 19.3 Å². The van der Waals surface area contributed by atoms with Crippen molar-refractivity contribution >= 4 is 12.6 Å². The molecule has 13 heavy (non-hydrogen) atoms. The van der Waals surface area contributed by atoms with Gasteiger partial charge < -0.3 is 0 Å². The van der Waals surface area contributed by atoms with E-state index < -0.39 is 0 Å². The lowest BCUT2D eigenvalue weighted by Gasteiger charge is -2.28. The van der Waals surface area contributed by atoms with Gasteiger partial charge in [0, 0.05) is 5.25 Å². The van der Waals surface area contributed by atoms with Crippen molar-refractivity contribution in [1.82, 2.24) is 0 Å². The molecule has 1 rings (SSSR count). The summed E-state index contributed by atoms with van der Waals surface area (Å²) in [4.78, 5) is 0. The quantitative estimate of drug-likeness (QED) is 0.479. The zero-order chi connectivity index (χ0) is 9.84. The van der Waals surface area contributed by atoms with Crippen molar-refractivity contribution in [3.63, 3.8) is 0 Å². The third kappa shape index (κ3) is 3.38. The standard InChI is InChI=1S/C12H22S/c1-9-6-4-5-7-12(11(3)13)10(2)8-9/h5,7,9-13H,4,6,8H2,1-3H3/b7-5+. The minimum absolute atomic E-state index is 0.497. The van der Waals surface area contributed by atoms with Crippen LogP contribution < -0.4 is 0 Å². The Morgan fingerprint density at radius 1 is 1.38 bits per heavy atom. The highest BCUT2D eigenvalue weighted by atomic mass is 32.1. The van der Waals surface area contributed by atoms with E-state index in [0.29, 0.717) is 11.2 Å². The maximum atomic E-state index is 4.56. The van der Waals surface area contributed by atoms with E-state index in [-0.39, 0.29) is 0 Å². The average Bonchev–Trinajstić information content (AvgIpc) is 1.99. The number of hydrogen-bond donors (Lipinski definition) is 1. The summed E-state index contributed by atoms with van der Waals surface area (Å²) < 4.78 is 0. The smallest absolute Gasteiger partial charge is 0.00538 e. The van der Waals surface area contributed by atoms with Crippen molar-refractivity contribution in [3.8, 4) is 0 Å². The van der Waals surface area contributed by atoms with Crippen LogP contribution in [-0.2, 0) is 0 Å². The molecule has 76 valence electrons. The number of hydrogen-bond acceptors (Lipinski definition) is 1. The molecule has 1 heteroatoms. The normalized spacial score (nSPS) is 40.5. The van der Waals surface area contributed by atoms with Gasteiger partial charge in [-0.25, -0.2) is 0 Å². The van der Waals surface area contributed by atoms with Crippen molar-refractivity contribution in [2.24, 2.45) is 17.8 Å². The molecule has 0 radical (unpaired) electrons. The van der Waals surface area contributed by atoms with Crippen LogP contribution >= 0.6 is 12.6 Å². The first-order chi connectivity index (χ1) is 6.11. The van der Waals surface area contributed by atoms with Gasteiger partial charge in [-0.2, -0.15) is 12.6 Å². The SMILES string of the molecule is CC1CC/C=C/C(C(C)S)C(C)C1. The fourth-order valence-electron chi connectivity index (χ4n) is 2.37. The van der Waals surface area contributed by atoms with Crippen molar-refractivity contribution in [2.75, 3.05) is 0 Å². The van der Waals surface area contributed by atoms with Gasteiger partial charge in [0.2, 0.25) is 0 Å². The lowest BCUT2D eigenvalue weighted by atomic mass is 9.81. The monoisotopic (exact) mass is 198 g/mol. The molecule has 0 spiro atoms. The molecule has 0 aromatic rings. The molecule has 0 aliphatic heterocycles. The van der Waals surface area contributed by atoms with Gasteiger partial charge in [0.1, 0.15) is 0 Å². The molecule has 0 saturated heterocycles. The summed E-state index contributed by atoms with van der Waals surface area (Å²) in [6.07, 6.45) is 8.71. The van der Waals surface area contributed by atoms with Crippen LogP contribution in [0.3, 0.4) is 0 Å². The Morgan fingerprint density at radius 3 is 2.69 bits per heavy atom.